The molecule has 2 unspecified atom stereocenters. The maximum absolute atomic E-state index is 12.5. The number of hydrogen-bond donors (Lipinski definition) is 3. The highest BCUT2D eigenvalue weighted by Gasteiger charge is 2.20. The largest absolute Gasteiger partial charge is 0.466 e. The summed E-state index contributed by atoms with van der Waals surface area (Å²) < 4.78 is 5.44. The van der Waals surface area contributed by atoms with E-state index in [0.717, 1.165) is 89.9 Å². The van der Waals surface area contributed by atoms with Gasteiger partial charge in [0.1, 0.15) is 0 Å². The Labute approximate surface area is 423 Å². The van der Waals surface area contributed by atoms with Gasteiger partial charge in [-0.1, -0.05) is 255 Å². The predicted molar refractivity (Wildman–Crippen MR) is 296 cm³/mol. The van der Waals surface area contributed by atoms with Crippen LogP contribution in [0.15, 0.2) is 48.6 Å². The van der Waals surface area contributed by atoms with Gasteiger partial charge < -0.3 is 20.3 Å². The lowest BCUT2D eigenvalue weighted by molar-refractivity contribution is -0.143. The third kappa shape index (κ3) is 53.2. The number of allylic oxidation sites excluding steroid dienone is 8. The lowest BCUT2D eigenvalue weighted by Crippen LogP contribution is -2.45. The molecule has 0 spiro atoms. The molecule has 1 amide bonds. The first-order chi connectivity index (χ1) is 33.5. The van der Waals surface area contributed by atoms with Crippen LogP contribution in [0, 0.1) is 0 Å². The molecular formula is C62H115NO5. The van der Waals surface area contributed by atoms with Crippen LogP contribution in [0.25, 0.3) is 0 Å². The minimum Gasteiger partial charge on any atom is -0.466 e. The highest BCUT2D eigenvalue weighted by Crippen LogP contribution is 2.17. The monoisotopic (exact) mass is 954 g/mol. The van der Waals surface area contributed by atoms with Gasteiger partial charge in [-0.2, -0.15) is 0 Å². The quantitative estimate of drug-likeness (QED) is 0.0244. The first-order valence-electron chi connectivity index (χ1n) is 29.9. The average molecular weight is 955 g/mol. The molecule has 0 aliphatic rings. The highest BCUT2D eigenvalue weighted by atomic mass is 16.5. The second-order valence-corrected chi connectivity index (χ2v) is 20.4. The summed E-state index contributed by atoms with van der Waals surface area (Å²) in [6.07, 6.45) is 72.5. The second kappa shape index (κ2) is 57.4. The van der Waals surface area contributed by atoms with Crippen molar-refractivity contribution in [3.8, 4) is 0 Å². The molecule has 0 aromatic heterocycles. The van der Waals surface area contributed by atoms with Gasteiger partial charge in [-0.25, -0.2) is 0 Å². The van der Waals surface area contributed by atoms with Crippen molar-refractivity contribution >= 4 is 11.9 Å². The van der Waals surface area contributed by atoms with E-state index in [1.54, 1.807) is 0 Å². The Morgan fingerprint density at radius 1 is 0.426 bits per heavy atom. The van der Waals surface area contributed by atoms with E-state index in [0.29, 0.717) is 25.9 Å². The predicted octanol–water partition coefficient (Wildman–Crippen LogP) is 18.6. The molecule has 0 aromatic carbocycles. The smallest absolute Gasteiger partial charge is 0.305 e. The van der Waals surface area contributed by atoms with Crippen LogP contribution >= 0.6 is 0 Å². The van der Waals surface area contributed by atoms with Gasteiger partial charge in [-0.05, 0) is 89.9 Å². The van der Waals surface area contributed by atoms with Crippen LogP contribution in [0.5, 0.6) is 0 Å². The first kappa shape index (κ1) is 65.8. The molecule has 3 N–H and O–H groups in total. The van der Waals surface area contributed by atoms with E-state index in [9.17, 15) is 19.8 Å². The zero-order valence-corrected chi connectivity index (χ0v) is 45.3. The number of carbonyl (C=O) groups excluding carboxylic acids is 2. The topological polar surface area (TPSA) is 95.9 Å². The Hall–Kier alpha value is -2.18. The molecule has 0 aliphatic heterocycles. The Kier molecular flexibility index (Phi) is 55.6. The second-order valence-electron chi connectivity index (χ2n) is 20.4. The number of aliphatic hydroxyl groups excluding tert-OH is 2. The van der Waals surface area contributed by atoms with Gasteiger partial charge in [0.15, 0.2) is 0 Å². The van der Waals surface area contributed by atoms with Crippen molar-refractivity contribution in [1.29, 1.82) is 0 Å². The fourth-order valence-corrected chi connectivity index (χ4v) is 9.01. The number of unbranched alkanes of at least 4 members (excludes halogenated alkanes) is 37. The van der Waals surface area contributed by atoms with Gasteiger partial charge in [0.25, 0.3) is 0 Å². The molecule has 0 aliphatic carbocycles. The molecular weight excluding hydrogens is 839 g/mol. The fraction of sp³-hybridized carbons (Fsp3) is 0.839. The van der Waals surface area contributed by atoms with Crippen LogP contribution < -0.4 is 5.32 Å². The number of amides is 1. The maximum Gasteiger partial charge on any atom is 0.305 e. The standard InChI is InChI=1S/C62H115NO5/c1-3-5-7-9-11-13-15-17-19-20-21-22-23-24-27-30-34-38-42-46-50-54-60(65)59(58-64)63-61(66)55-51-47-43-39-35-31-28-25-29-33-37-41-45-49-53-57-68-62(67)56-52-48-44-40-36-32-26-18-16-14-12-10-8-6-4-2/h12,14,18,25-26,29,33,37,59-60,64-65H,3-11,13,15-17,19-24,27-28,30-32,34-36,38-58H2,1-2H3,(H,63,66)/b14-12-,26-18-,29-25-,37-33-. The van der Waals surface area contributed by atoms with E-state index in [1.807, 2.05) is 0 Å². The molecule has 0 saturated heterocycles. The number of hydrogen-bond acceptors (Lipinski definition) is 5. The summed E-state index contributed by atoms with van der Waals surface area (Å²) in [5.41, 5.74) is 0. The molecule has 0 heterocycles. The summed E-state index contributed by atoms with van der Waals surface area (Å²) in [5, 5.41) is 23.3. The Balaban J connectivity index is 3.52. The van der Waals surface area contributed by atoms with Crippen molar-refractivity contribution in [2.45, 2.75) is 321 Å². The van der Waals surface area contributed by atoms with Gasteiger partial charge in [0.2, 0.25) is 5.91 Å². The third-order valence-electron chi connectivity index (χ3n) is 13.6. The van der Waals surface area contributed by atoms with Gasteiger partial charge in [-0.15, -0.1) is 0 Å². The van der Waals surface area contributed by atoms with Crippen LogP contribution in [0.2, 0.25) is 0 Å². The molecule has 398 valence electrons. The highest BCUT2D eigenvalue weighted by molar-refractivity contribution is 5.76. The number of nitrogens with one attached hydrogen (secondary N) is 1. The van der Waals surface area contributed by atoms with Gasteiger partial charge >= 0.3 is 5.97 Å². The number of rotatable bonds is 55. The summed E-state index contributed by atoms with van der Waals surface area (Å²) >= 11 is 0. The lowest BCUT2D eigenvalue weighted by Gasteiger charge is -2.22. The van der Waals surface area contributed by atoms with Gasteiger partial charge in [0, 0.05) is 12.8 Å². The first-order valence-corrected chi connectivity index (χ1v) is 29.9. The normalized spacial score (nSPS) is 12.9. The van der Waals surface area contributed by atoms with E-state index in [1.165, 1.54) is 186 Å². The molecule has 0 fully saturated rings. The molecule has 0 radical (unpaired) electrons. The molecule has 6 nitrogen and oxygen atoms in total. The number of esters is 1. The number of aliphatic hydroxyl groups is 2. The minimum atomic E-state index is -0.681. The van der Waals surface area contributed by atoms with E-state index in [4.69, 9.17) is 4.74 Å². The molecule has 68 heavy (non-hydrogen) atoms. The number of carbonyl (C=O) groups is 2. The third-order valence-corrected chi connectivity index (χ3v) is 13.6. The Bertz CT molecular complexity index is 1150. The molecule has 0 aromatic rings. The SMILES string of the molecule is CCCCC/C=C\C/C=C\CCCCCCCC(=O)OCCCCC/C=C\C=C/CCCCCCCCC(=O)NC(CO)C(O)CCCCCCCCCCCCCCCCCCCCCCC. The van der Waals surface area contributed by atoms with Crippen molar-refractivity contribution in [3.63, 3.8) is 0 Å². The van der Waals surface area contributed by atoms with Crippen molar-refractivity contribution in [3.05, 3.63) is 48.6 Å². The maximum atomic E-state index is 12.5. The van der Waals surface area contributed by atoms with Crippen LogP contribution in [-0.4, -0.2) is 47.4 Å². The average Bonchev–Trinajstić information content (AvgIpc) is 3.34. The summed E-state index contributed by atoms with van der Waals surface area (Å²) in [4.78, 5) is 24.5. The van der Waals surface area contributed by atoms with E-state index in [-0.39, 0.29) is 18.5 Å². The van der Waals surface area contributed by atoms with Crippen LogP contribution in [0.3, 0.4) is 0 Å². The van der Waals surface area contributed by atoms with E-state index >= 15 is 0 Å². The molecule has 2 atom stereocenters. The summed E-state index contributed by atoms with van der Waals surface area (Å²) in [7, 11) is 0. The van der Waals surface area contributed by atoms with E-state index < -0.39 is 12.1 Å². The van der Waals surface area contributed by atoms with E-state index in [2.05, 4.69) is 67.8 Å². The number of ether oxygens (including phenoxy) is 1. The van der Waals surface area contributed by atoms with Crippen LogP contribution in [0.4, 0.5) is 0 Å². The van der Waals surface area contributed by atoms with Crippen molar-refractivity contribution in [2.24, 2.45) is 0 Å². The summed E-state index contributed by atoms with van der Waals surface area (Å²) in [5.74, 6) is -0.0920. The molecule has 0 saturated carbocycles. The van der Waals surface area contributed by atoms with Crippen molar-refractivity contribution in [1.82, 2.24) is 5.32 Å². The lowest BCUT2D eigenvalue weighted by atomic mass is 10.0. The van der Waals surface area contributed by atoms with Gasteiger partial charge in [0.05, 0.1) is 25.4 Å². The minimum absolute atomic E-state index is 0.0356. The van der Waals surface area contributed by atoms with Gasteiger partial charge in [-0.3, -0.25) is 9.59 Å². The molecule has 6 heteroatoms. The zero-order chi connectivity index (χ0) is 49.3. The van der Waals surface area contributed by atoms with Crippen LogP contribution in [-0.2, 0) is 14.3 Å². The zero-order valence-electron chi connectivity index (χ0n) is 45.3. The Morgan fingerprint density at radius 3 is 1.24 bits per heavy atom. The van der Waals surface area contributed by atoms with Crippen molar-refractivity contribution in [2.75, 3.05) is 13.2 Å². The molecule has 0 bridgehead atoms. The van der Waals surface area contributed by atoms with Crippen molar-refractivity contribution < 1.29 is 24.5 Å². The fourth-order valence-electron chi connectivity index (χ4n) is 9.01. The Morgan fingerprint density at radius 2 is 0.779 bits per heavy atom. The van der Waals surface area contributed by atoms with Crippen LogP contribution in [0.1, 0.15) is 309 Å². The summed E-state index contributed by atoms with van der Waals surface area (Å²) in [6, 6.07) is -0.561. The molecule has 0 rings (SSSR count). The summed E-state index contributed by atoms with van der Waals surface area (Å²) in [6.45, 7) is 4.87.